The number of hydrogen-bond donors (Lipinski definition) is 4. The number of carbonyl (C=O) groups excluding carboxylic acids is 1. The fourth-order valence-electron chi connectivity index (χ4n) is 3.71. The fraction of sp³-hybridized carbons (Fsp3) is 0.333. The first-order valence-electron chi connectivity index (χ1n) is 11.2. The summed E-state index contributed by atoms with van der Waals surface area (Å²) in [5.41, 5.74) is 10.9. The van der Waals surface area contributed by atoms with Gasteiger partial charge < -0.3 is 30.8 Å². The number of anilines is 1. The zero-order valence-electron chi connectivity index (χ0n) is 20.9. The zero-order chi connectivity index (χ0) is 25.7. The third kappa shape index (κ3) is 5.17. The van der Waals surface area contributed by atoms with E-state index < -0.39 is 0 Å². The molecule has 0 saturated carbocycles. The van der Waals surface area contributed by atoms with Crippen LogP contribution in [0.5, 0.6) is 5.75 Å². The summed E-state index contributed by atoms with van der Waals surface area (Å²) in [4.78, 5) is 29.8. The van der Waals surface area contributed by atoms with Gasteiger partial charge in [-0.15, -0.1) is 0 Å². The van der Waals surface area contributed by atoms with E-state index in [-0.39, 0.29) is 11.9 Å². The Hall–Kier alpha value is -3.79. The summed E-state index contributed by atoms with van der Waals surface area (Å²) in [7, 11) is 5.02. The van der Waals surface area contributed by atoms with Crippen LogP contribution in [0.4, 0.5) is 5.82 Å². The summed E-state index contributed by atoms with van der Waals surface area (Å²) in [6.07, 6.45) is 6.43. The molecule has 0 aliphatic carbocycles. The third-order valence-electron chi connectivity index (χ3n) is 5.41. The van der Waals surface area contributed by atoms with Crippen molar-refractivity contribution in [3.63, 3.8) is 0 Å². The number of rotatable bonds is 6. The van der Waals surface area contributed by atoms with Crippen LogP contribution in [0.3, 0.4) is 0 Å². The van der Waals surface area contributed by atoms with Gasteiger partial charge in [0, 0.05) is 36.4 Å². The Kier molecular flexibility index (Phi) is 8.18. The van der Waals surface area contributed by atoms with E-state index in [1.54, 1.807) is 39.8 Å². The molecule has 1 atom stereocenters. The van der Waals surface area contributed by atoms with Crippen LogP contribution in [-0.2, 0) is 4.79 Å². The van der Waals surface area contributed by atoms with Crippen LogP contribution >= 0.6 is 11.6 Å². The molecule has 0 spiro atoms. The van der Waals surface area contributed by atoms with Crippen molar-refractivity contribution in [3.05, 3.63) is 58.3 Å². The largest absolute Gasteiger partial charge is 0.496 e. The maximum atomic E-state index is 12.5. The molecule has 10 nitrogen and oxygen atoms in total. The lowest BCUT2D eigenvalue weighted by atomic mass is 9.95. The minimum Gasteiger partial charge on any atom is -0.496 e. The number of amides is 1. The number of likely N-dealkylation sites (N-methyl/N-ethyl adjacent to an activating group) is 1. The lowest BCUT2D eigenvalue weighted by Crippen LogP contribution is -2.33. The number of hydrazine groups is 1. The first-order valence-corrected chi connectivity index (χ1v) is 11.6. The van der Waals surface area contributed by atoms with Crippen molar-refractivity contribution in [2.24, 2.45) is 0 Å². The van der Waals surface area contributed by atoms with Crippen LogP contribution in [0.1, 0.15) is 43.5 Å². The third-order valence-corrected chi connectivity index (χ3v) is 5.80. The van der Waals surface area contributed by atoms with E-state index in [9.17, 15) is 4.79 Å². The summed E-state index contributed by atoms with van der Waals surface area (Å²) in [5.74, 6) is 1.12. The number of carbonyl (C=O) groups is 1. The van der Waals surface area contributed by atoms with Crippen molar-refractivity contribution in [1.82, 2.24) is 35.7 Å². The van der Waals surface area contributed by atoms with Gasteiger partial charge in [0.05, 0.1) is 30.7 Å². The van der Waals surface area contributed by atoms with Gasteiger partial charge in [-0.25, -0.2) is 15.0 Å². The number of benzene rings is 1. The molecule has 11 heteroatoms. The number of hydrogen-bond acceptors (Lipinski definition) is 8. The van der Waals surface area contributed by atoms with Crippen LogP contribution in [-0.4, -0.2) is 51.9 Å². The Bertz CT molecular complexity index is 1280. The second kappa shape index (κ2) is 11.1. The molecule has 1 aromatic carbocycles. The van der Waals surface area contributed by atoms with E-state index in [1.165, 1.54) is 11.2 Å². The van der Waals surface area contributed by atoms with Gasteiger partial charge in [-0.3, -0.25) is 4.79 Å². The van der Waals surface area contributed by atoms with Gasteiger partial charge in [-0.05, 0) is 31.6 Å². The molecular formula is C24H31ClN8O2. The number of H-pyrrole nitrogens is 1. The number of imidazole rings is 1. The van der Waals surface area contributed by atoms with Crippen molar-refractivity contribution in [2.45, 2.75) is 33.7 Å². The molecule has 0 fully saturated rings. The number of ether oxygens (including phenoxy) is 1. The summed E-state index contributed by atoms with van der Waals surface area (Å²) in [6, 6.07) is 1.65. The normalized spacial score (nSPS) is 13.4. The molecule has 0 bridgehead atoms. The van der Waals surface area contributed by atoms with E-state index in [1.807, 2.05) is 33.8 Å². The fourth-order valence-corrected chi connectivity index (χ4v) is 3.92. The highest BCUT2D eigenvalue weighted by atomic mass is 35.5. The molecule has 0 saturated heterocycles. The van der Waals surface area contributed by atoms with E-state index in [0.29, 0.717) is 39.0 Å². The van der Waals surface area contributed by atoms with Crippen molar-refractivity contribution in [2.75, 3.05) is 26.5 Å². The molecule has 4 N–H and O–H groups in total. The SMILES string of the molecule is CC.COc1c(C(C)Nc2ncnc3nc[nH]c23)cc(Cl)c(C)c1C1=CC(C(=O)N(C)C)=CNN1. The molecule has 0 radical (unpaired) electrons. The van der Waals surface area contributed by atoms with Crippen LogP contribution in [0.25, 0.3) is 16.9 Å². The number of aromatic amines is 1. The molecule has 3 heterocycles. The standard InChI is InChI=1S/C22H25ClN8O2.C2H6/c1-11-15(23)7-14(12(2)29-21-18-20(25-9-24-18)26-10-27-21)19(33-5)17(11)16-6-13(8-28-30-16)22(32)31(3)4;1-2/h6-10,12,28,30H,1-5H3,(H2,24,25,26,27,29);1-2H3. The number of methoxy groups -OCH3 is 1. The quantitative estimate of drug-likeness (QED) is 0.403. The monoisotopic (exact) mass is 498 g/mol. The second-order valence-corrected chi connectivity index (χ2v) is 8.20. The molecule has 1 amide bonds. The van der Waals surface area contributed by atoms with E-state index >= 15 is 0 Å². The predicted molar refractivity (Wildman–Crippen MR) is 139 cm³/mol. The Morgan fingerprint density at radius 2 is 1.97 bits per heavy atom. The van der Waals surface area contributed by atoms with Crippen molar-refractivity contribution >= 4 is 40.2 Å². The smallest absolute Gasteiger partial charge is 0.254 e. The van der Waals surface area contributed by atoms with Crippen LogP contribution in [0, 0.1) is 6.92 Å². The molecule has 1 unspecified atom stereocenters. The molecule has 4 rings (SSSR count). The summed E-state index contributed by atoms with van der Waals surface area (Å²) in [6.45, 7) is 7.90. The minimum atomic E-state index is -0.228. The number of aromatic nitrogens is 4. The Labute approximate surface area is 209 Å². The Morgan fingerprint density at radius 1 is 1.23 bits per heavy atom. The summed E-state index contributed by atoms with van der Waals surface area (Å²) >= 11 is 6.65. The van der Waals surface area contributed by atoms with Crippen LogP contribution < -0.4 is 20.9 Å². The number of halogens is 1. The van der Waals surface area contributed by atoms with E-state index in [0.717, 1.165) is 16.7 Å². The molecule has 2 aromatic heterocycles. The molecule has 1 aliphatic rings. The van der Waals surface area contributed by atoms with Crippen molar-refractivity contribution in [1.29, 1.82) is 0 Å². The van der Waals surface area contributed by atoms with Gasteiger partial charge in [0.25, 0.3) is 5.91 Å². The molecular weight excluding hydrogens is 468 g/mol. The highest BCUT2D eigenvalue weighted by Crippen LogP contribution is 2.40. The predicted octanol–water partition coefficient (Wildman–Crippen LogP) is 3.94. The minimum absolute atomic E-state index is 0.122. The molecule has 1 aliphatic heterocycles. The highest BCUT2D eigenvalue weighted by Gasteiger charge is 2.25. The Morgan fingerprint density at radius 3 is 2.66 bits per heavy atom. The van der Waals surface area contributed by atoms with Crippen molar-refractivity contribution < 1.29 is 9.53 Å². The highest BCUT2D eigenvalue weighted by molar-refractivity contribution is 6.31. The van der Waals surface area contributed by atoms with Crippen LogP contribution in [0.2, 0.25) is 5.02 Å². The molecule has 186 valence electrons. The Balaban J connectivity index is 0.00000167. The maximum Gasteiger partial charge on any atom is 0.254 e. The lowest BCUT2D eigenvalue weighted by molar-refractivity contribution is -0.124. The van der Waals surface area contributed by atoms with E-state index in [2.05, 4.69) is 36.1 Å². The number of nitrogens with zero attached hydrogens (tertiary/aromatic N) is 4. The average Bonchev–Trinajstić information content (AvgIpc) is 3.36. The van der Waals surface area contributed by atoms with E-state index in [4.69, 9.17) is 16.3 Å². The van der Waals surface area contributed by atoms with Gasteiger partial charge in [-0.2, -0.15) is 0 Å². The van der Waals surface area contributed by atoms with Crippen molar-refractivity contribution in [3.8, 4) is 5.75 Å². The first-order chi connectivity index (χ1) is 16.8. The van der Waals surface area contributed by atoms with Gasteiger partial charge in [0.1, 0.15) is 17.6 Å². The van der Waals surface area contributed by atoms with Gasteiger partial charge in [0.15, 0.2) is 11.5 Å². The summed E-state index contributed by atoms with van der Waals surface area (Å²) < 4.78 is 5.87. The average molecular weight is 499 g/mol. The second-order valence-electron chi connectivity index (χ2n) is 7.80. The maximum absolute atomic E-state index is 12.5. The van der Waals surface area contributed by atoms with Gasteiger partial charge in [-0.1, -0.05) is 25.4 Å². The van der Waals surface area contributed by atoms with Crippen LogP contribution in [0.15, 0.2) is 36.6 Å². The lowest BCUT2D eigenvalue weighted by Gasteiger charge is -2.26. The molecule has 35 heavy (non-hydrogen) atoms. The zero-order valence-corrected chi connectivity index (χ0v) is 21.7. The summed E-state index contributed by atoms with van der Waals surface area (Å²) in [5, 5.41) is 3.96. The topological polar surface area (TPSA) is 120 Å². The molecule has 3 aromatic rings. The first kappa shape index (κ1) is 25.8. The van der Waals surface area contributed by atoms with Gasteiger partial charge >= 0.3 is 0 Å². The number of nitrogens with one attached hydrogen (secondary N) is 4. The van der Waals surface area contributed by atoms with Gasteiger partial charge in [0.2, 0.25) is 0 Å². The number of fused-ring (bicyclic) bond motifs is 1.